The van der Waals surface area contributed by atoms with Crippen LogP contribution in [0.5, 0.6) is 0 Å². The van der Waals surface area contributed by atoms with Crippen LogP contribution >= 0.6 is 11.6 Å². The summed E-state index contributed by atoms with van der Waals surface area (Å²) in [4.78, 5) is 0. The molecule has 9 heavy (non-hydrogen) atoms. The van der Waals surface area contributed by atoms with Gasteiger partial charge in [0, 0.05) is 11.6 Å². The molecule has 0 heterocycles. The lowest BCUT2D eigenvalue weighted by molar-refractivity contribution is 0.596. The summed E-state index contributed by atoms with van der Waals surface area (Å²) in [6.45, 7) is 1.64. The van der Waals surface area contributed by atoms with Crippen molar-refractivity contribution in [3.8, 4) is 0 Å². The molecule has 0 radical (unpaired) electrons. The van der Waals surface area contributed by atoms with E-state index in [1.807, 2.05) is 0 Å². The second-order valence-electron chi connectivity index (χ2n) is 1.78. The molecular weight excluding hydrogens is 160 g/mol. The smallest absolute Gasteiger partial charge is 0.150 e. The van der Waals surface area contributed by atoms with Crippen molar-refractivity contribution in [3.05, 3.63) is 0 Å². The van der Waals surface area contributed by atoms with Crippen LogP contribution < -0.4 is 0 Å². The number of rotatable bonds is 4. The summed E-state index contributed by atoms with van der Waals surface area (Å²) in [7, 11) is -2.77. The van der Waals surface area contributed by atoms with E-state index in [1.165, 1.54) is 0 Å². The molecule has 0 saturated carbocycles. The van der Waals surface area contributed by atoms with Gasteiger partial charge in [0.1, 0.15) is 9.84 Å². The highest BCUT2D eigenvalue weighted by molar-refractivity contribution is 7.91. The maximum absolute atomic E-state index is 10.7. The highest BCUT2D eigenvalue weighted by atomic mass is 35.5. The zero-order valence-electron chi connectivity index (χ0n) is 5.43. The van der Waals surface area contributed by atoms with Gasteiger partial charge in [-0.1, -0.05) is 6.92 Å². The molecule has 0 aliphatic rings. The number of sulfone groups is 1. The van der Waals surface area contributed by atoms with Gasteiger partial charge in [-0.15, -0.1) is 11.6 Å². The Bertz CT molecular complexity index is 150. The van der Waals surface area contributed by atoms with Gasteiger partial charge in [-0.25, -0.2) is 8.42 Å². The number of hydrogen-bond acceptors (Lipinski definition) is 2. The van der Waals surface area contributed by atoms with E-state index in [2.05, 4.69) is 0 Å². The summed E-state index contributed by atoms with van der Waals surface area (Å²) in [6.07, 6.45) is 0.567. The molecule has 2 nitrogen and oxygen atoms in total. The first-order valence-electron chi connectivity index (χ1n) is 2.89. The molecule has 0 spiro atoms. The molecule has 0 fully saturated rings. The minimum absolute atomic E-state index is 0.226. The van der Waals surface area contributed by atoms with Gasteiger partial charge in [0.25, 0.3) is 0 Å². The molecule has 0 aliphatic heterocycles. The molecular formula is C5H11ClO2S. The van der Waals surface area contributed by atoms with E-state index in [0.717, 1.165) is 0 Å². The minimum Gasteiger partial charge on any atom is -0.229 e. The number of alkyl halides is 1. The van der Waals surface area contributed by atoms with E-state index in [1.54, 1.807) is 6.92 Å². The fourth-order valence-electron chi connectivity index (χ4n) is 0.419. The van der Waals surface area contributed by atoms with Crippen LogP contribution in [0.3, 0.4) is 0 Å². The highest BCUT2D eigenvalue weighted by Crippen LogP contribution is 1.94. The Morgan fingerprint density at radius 2 is 2.00 bits per heavy atom. The monoisotopic (exact) mass is 170 g/mol. The molecule has 0 aliphatic carbocycles. The lowest BCUT2D eigenvalue weighted by Gasteiger charge is -1.95. The van der Waals surface area contributed by atoms with Crippen molar-refractivity contribution in [2.75, 3.05) is 17.4 Å². The molecule has 0 bridgehead atoms. The van der Waals surface area contributed by atoms with E-state index >= 15 is 0 Å². The van der Waals surface area contributed by atoms with Gasteiger partial charge < -0.3 is 0 Å². The van der Waals surface area contributed by atoms with Crippen LogP contribution in [0.15, 0.2) is 0 Å². The normalized spacial score (nSPS) is 11.8. The summed E-state index contributed by atoms with van der Waals surface area (Å²) in [5.41, 5.74) is 0. The highest BCUT2D eigenvalue weighted by Gasteiger charge is 2.04. The summed E-state index contributed by atoms with van der Waals surface area (Å²) in [5, 5.41) is 0. The Hall–Kier alpha value is 0.240. The first-order valence-corrected chi connectivity index (χ1v) is 5.24. The van der Waals surface area contributed by atoms with Gasteiger partial charge in [-0.05, 0) is 6.42 Å². The molecule has 0 unspecified atom stereocenters. The Morgan fingerprint density at radius 3 is 2.33 bits per heavy atom. The summed E-state index contributed by atoms with van der Waals surface area (Å²) < 4.78 is 21.4. The van der Waals surface area contributed by atoms with Crippen molar-refractivity contribution in [2.45, 2.75) is 13.3 Å². The van der Waals surface area contributed by atoms with Crippen LogP contribution in [-0.4, -0.2) is 25.8 Å². The zero-order valence-corrected chi connectivity index (χ0v) is 7.00. The van der Waals surface area contributed by atoms with Crippen LogP contribution in [0.4, 0.5) is 0 Å². The molecule has 0 aromatic carbocycles. The molecule has 0 aromatic rings. The van der Waals surface area contributed by atoms with Crippen molar-refractivity contribution < 1.29 is 8.42 Å². The molecule has 0 amide bonds. The third kappa shape index (κ3) is 4.73. The summed E-state index contributed by atoms with van der Waals surface area (Å²) >= 11 is 5.30. The van der Waals surface area contributed by atoms with Gasteiger partial charge in [0.05, 0.1) is 5.75 Å². The maximum Gasteiger partial charge on any atom is 0.150 e. The van der Waals surface area contributed by atoms with Crippen molar-refractivity contribution in [2.24, 2.45) is 0 Å². The Balaban J connectivity index is 3.61. The Labute approximate surface area is 61.1 Å². The van der Waals surface area contributed by atoms with Crippen LogP contribution in [0.2, 0.25) is 0 Å². The fourth-order valence-corrected chi connectivity index (χ4v) is 1.58. The van der Waals surface area contributed by atoms with Gasteiger partial charge in [-0.3, -0.25) is 0 Å². The molecule has 56 valence electrons. The predicted molar refractivity (Wildman–Crippen MR) is 39.7 cm³/mol. The zero-order chi connectivity index (χ0) is 7.33. The second-order valence-corrected chi connectivity index (χ2v) is 4.63. The van der Waals surface area contributed by atoms with Gasteiger partial charge >= 0.3 is 0 Å². The lowest BCUT2D eigenvalue weighted by Crippen LogP contribution is -2.08. The topological polar surface area (TPSA) is 34.1 Å². The summed E-state index contributed by atoms with van der Waals surface area (Å²) in [5.74, 6) is 0.885. The quantitative estimate of drug-likeness (QED) is 0.592. The van der Waals surface area contributed by atoms with E-state index < -0.39 is 9.84 Å². The SMILES string of the molecule is CCS(=O)(=O)CCCCl. The third-order valence-electron chi connectivity index (χ3n) is 1.03. The van der Waals surface area contributed by atoms with E-state index in [4.69, 9.17) is 11.6 Å². The van der Waals surface area contributed by atoms with Crippen LogP contribution in [0.25, 0.3) is 0 Å². The molecule has 0 atom stereocenters. The average molecular weight is 171 g/mol. The standard InChI is InChI=1S/C5H11ClO2S/c1-2-9(7,8)5-3-4-6/h2-5H2,1H3. The van der Waals surface area contributed by atoms with Crippen LogP contribution in [-0.2, 0) is 9.84 Å². The summed E-state index contributed by atoms with van der Waals surface area (Å²) in [6, 6.07) is 0. The fraction of sp³-hybridized carbons (Fsp3) is 1.00. The maximum atomic E-state index is 10.7. The van der Waals surface area contributed by atoms with Crippen LogP contribution in [0, 0.1) is 0 Å². The first-order chi connectivity index (χ1) is 4.12. The molecule has 0 rings (SSSR count). The predicted octanol–water partition coefficient (Wildman–Crippen LogP) is 1.05. The Kier molecular flexibility index (Phi) is 4.23. The van der Waals surface area contributed by atoms with E-state index in [-0.39, 0.29) is 11.5 Å². The van der Waals surface area contributed by atoms with E-state index in [9.17, 15) is 8.42 Å². The van der Waals surface area contributed by atoms with E-state index in [0.29, 0.717) is 12.3 Å². The van der Waals surface area contributed by atoms with Gasteiger partial charge in [0.2, 0.25) is 0 Å². The van der Waals surface area contributed by atoms with Crippen LogP contribution in [0.1, 0.15) is 13.3 Å². The van der Waals surface area contributed by atoms with Crippen molar-refractivity contribution in [1.82, 2.24) is 0 Å². The molecule has 0 N–H and O–H groups in total. The van der Waals surface area contributed by atoms with Crippen molar-refractivity contribution in [3.63, 3.8) is 0 Å². The van der Waals surface area contributed by atoms with Crippen molar-refractivity contribution >= 4 is 21.4 Å². The largest absolute Gasteiger partial charge is 0.229 e. The third-order valence-corrected chi connectivity index (χ3v) is 3.09. The Morgan fingerprint density at radius 1 is 1.44 bits per heavy atom. The molecule has 0 saturated heterocycles. The van der Waals surface area contributed by atoms with Gasteiger partial charge in [-0.2, -0.15) is 0 Å². The number of hydrogen-bond donors (Lipinski definition) is 0. The van der Waals surface area contributed by atoms with Gasteiger partial charge in [0.15, 0.2) is 0 Å². The first kappa shape index (κ1) is 9.24. The molecule has 0 aromatic heterocycles. The second kappa shape index (κ2) is 4.12. The lowest BCUT2D eigenvalue weighted by atomic mass is 10.6. The van der Waals surface area contributed by atoms with Crippen molar-refractivity contribution in [1.29, 1.82) is 0 Å². The average Bonchev–Trinajstić information content (AvgIpc) is 1.84. The minimum atomic E-state index is -2.77. The number of halogens is 1. The molecule has 4 heteroatoms.